The Bertz CT molecular complexity index is 480. The van der Waals surface area contributed by atoms with E-state index in [1.807, 2.05) is 18.2 Å². The van der Waals surface area contributed by atoms with E-state index in [9.17, 15) is 0 Å². The van der Waals surface area contributed by atoms with E-state index in [0.717, 1.165) is 22.2 Å². The van der Waals surface area contributed by atoms with Crippen molar-refractivity contribution in [1.29, 1.82) is 0 Å². The Balaban J connectivity index is 2.70. The largest absolute Gasteiger partial charge is 0.392 e. The average Bonchev–Trinajstić information content (AvgIpc) is 2.27. The summed E-state index contributed by atoms with van der Waals surface area (Å²) < 4.78 is 0. The minimum Gasteiger partial charge on any atom is -0.392 e. The number of aromatic nitrogens is 2. The number of nitrogens with zero attached hydrogens (tertiary/aromatic N) is 2. The van der Waals surface area contributed by atoms with Crippen molar-refractivity contribution in [3.05, 3.63) is 35.8 Å². The smallest absolute Gasteiger partial charge is 0.116 e. The van der Waals surface area contributed by atoms with Crippen molar-refractivity contribution in [2.45, 2.75) is 26.4 Å². The fraction of sp³-hybridized carbons (Fsp3) is 0.333. The van der Waals surface area contributed by atoms with Crippen LogP contribution in [-0.2, 0) is 6.61 Å². The van der Waals surface area contributed by atoms with Gasteiger partial charge in [0.25, 0.3) is 0 Å². The summed E-state index contributed by atoms with van der Waals surface area (Å²) in [6.45, 7) is 4.27. The van der Waals surface area contributed by atoms with Crippen LogP contribution in [0.1, 0.15) is 31.0 Å². The molecule has 0 saturated heterocycles. The fourth-order valence-electron chi connectivity index (χ4n) is 1.68. The zero-order chi connectivity index (χ0) is 10.8. The van der Waals surface area contributed by atoms with E-state index >= 15 is 0 Å². The second kappa shape index (κ2) is 3.95. The Morgan fingerprint density at radius 2 is 2.07 bits per heavy atom. The Labute approximate surface area is 88.8 Å². The summed E-state index contributed by atoms with van der Waals surface area (Å²) in [7, 11) is 0. The van der Waals surface area contributed by atoms with Gasteiger partial charge in [0.2, 0.25) is 0 Å². The van der Waals surface area contributed by atoms with E-state index < -0.39 is 0 Å². The van der Waals surface area contributed by atoms with Crippen LogP contribution < -0.4 is 0 Å². The normalized spacial score (nSPS) is 11.2. The minimum atomic E-state index is 0.0579. The predicted octanol–water partition coefficient (Wildman–Crippen LogP) is 2.25. The van der Waals surface area contributed by atoms with E-state index in [0.29, 0.717) is 5.92 Å². The van der Waals surface area contributed by atoms with Gasteiger partial charge < -0.3 is 5.11 Å². The molecule has 0 radical (unpaired) electrons. The fourth-order valence-corrected chi connectivity index (χ4v) is 1.68. The number of benzene rings is 1. The van der Waals surface area contributed by atoms with Gasteiger partial charge in [-0.3, -0.25) is 0 Å². The monoisotopic (exact) mass is 202 g/mol. The molecule has 1 aromatic carbocycles. The molecule has 15 heavy (non-hydrogen) atoms. The van der Waals surface area contributed by atoms with Crippen LogP contribution in [0.5, 0.6) is 0 Å². The summed E-state index contributed by atoms with van der Waals surface area (Å²) in [5.41, 5.74) is 2.88. The standard InChI is InChI=1S/C12H14N2O/c1-8(2)12-10-5-9(6-15)3-4-11(10)13-7-14-12/h3-5,7-8,15H,6H2,1-2H3. The van der Waals surface area contributed by atoms with Crippen LogP contribution in [0.2, 0.25) is 0 Å². The molecule has 0 fully saturated rings. The first-order valence-corrected chi connectivity index (χ1v) is 5.06. The van der Waals surface area contributed by atoms with Crippen molar-refractivity contribution in [3.63, 3.8) is 0 Å². The van der Waals surface area contributed by atoms with Gasteiger partial charge in [-0.25, -0.2) is 9.97 Å². The lowest BCUT2D eigenvalue weighted by molar-refractivity contribution is 0.282. The van der Waals surface area contributed by atoms with Crippen LogP contribution in [0.15, 0.2) is 24.5 Å². The lowest BCUT2D eigenvalue weighted by Gasteiger charge is -2.08. The van der Waals surface area contributed by atoms with Crippen LogP contribution in [0.3, 0.4) is 0 Å². The van der Waals surface area contributed by atoms with Gasteiger partial charge in [0.15, 0.2) is 0 Å². The first-order valence-electron chi connectivity index (χ1n) is 5.06. The molecular formula is C12H14N2O. The number of aliphatic hydroxyl groups excluding tert-OH is 1. The molecule has 0 aliphatic rings. The third-order valence-electron chi connectivity index (χ3n) is 2.46. The third kappa shape index (κ3) is 1.83. The van der Waals surface area contributed by atoms with Crippen molar-refractivity contribution in [2.75, 3.05) is 0 Å². The molecule has 0 aliphatic heterocycles. The predicted molar refractivity (Wildman–Crippen MR) is 59.5 cm³/mol. The topological polar surface area (TPSA) is 46.0 Å². The molecule has 0 atom stereocenters. The molecular weight excluding hydrogens is 188 g/mol. The molecule has 0 amide bonds. The quantitative estimate of drug-likeness (QED) is 0.812. The maximum Gasteiger partial charge on any atom is 0.116 e. The van der Waals surface area contributed by atoms with Crippen molar-refractivity contribution in [3.8, 4) is 0 Å². The first-order chi connectivity index (χ1) is 7.22. The summed E-state index contributed by atoms with van der Waals surface area (Å²) in [6.07, 6.45) is 1.59. The van der Waals surface area contributed by atoms with E-state index in [2.05, 4.69) is 23.8 Å². The molecule has 0 aliphatic carbocycles. The first kappa shape index (κ1) is 10.1. The maximum atomic E-state index is 9.09. The van der Waals surface area contributed by atoms with Crippen molar-refractivity contribution in [1.82, 2.24) is 9.97 Å². The number of rotatable bonds is 2. The lowest BCUT2D eigenvalue weighted by Crippen LogP contribution is -1.96. The molecule has 0 saturated carbocycles. The highest BCUT2D eigenvalue weighted by Crippen LogP contribution is 2.22. The van der Waals surface area contributed by atoms with Crippen LogP contribution in [0.25, 0.3) is 10.9 Å². The SMILES string of the molecule is CC(C)c1ncnc2ccc(CO)cc12. The third-order valence-corrected chi connectivity index (χ3v) is 2.46. The molecule has 78 valence electrons. The molecule has 3 heteroatoms. The minimum absolute atomic E-state index is 0.0579. The highest BCUT2D eigenvalue weighted by atomic mass is 16.3. The molecule has 3 nitrogen and oxygen atoms in total. The van der Waals surface area contributed by atoms with Crippen molar-refractivity contribution in [2.24, 2.45) is 0 Å². The Kier molecular flexibility index (Phi) is 2.64. The van der Waals surface area contributed by atoms with E-state index in [4.69, 9.17) is 5.11 Å². The van der Waals surface area contributed by atoms with E-state index in [1.54, 1.807) is 6.33 Å². The zero-order valence-electron chi connectivity index (χ0n) is 8.94. The molecule has 2 rings (SSSR count). The molecule has 1 heterocycles. The number of hydrogen-bond donors (Lipinski definition) is 1. The highest BCUT2D eigenvalue weighted by Gasteiger charge is 2.07. The van der Waals surface area contributed by atoms with Gasteiger partial charge in [-0.15, -0.1) is 0 Å². The summed E-state index contributed by atoms with van der Waals surface area (Å²) in [4.78, 5) is 8.50. The molecule has 1 aromatic heterocycles. The van der Waals surface area contributed by atoms with E-state index in [-0.39, 0.29) is 6.61 Å². The van der Waals surface area contributed by atoms with Gasteiger partial charge in [0.1, 0.15) is 6.33 Å². The van der Waals surface area contributed by atoms with Crippen LogP contribution in [0, 0.1) is 0 Å². The van der Waals surface area contributed by atoms with E-state index in [1.165, 1.54) is 0 Å². The highest BCUT2D eigenvalue weighted by molar-refractivity contribution is 5.81. The number of aliphatic hydroxyl groups is 1. The van der Waals surface area contributed by atoms with Gasteiger partial charge in [-0.1, -0.05) is 19.9 Å². The molecule has 0 bridgehead atoms. The Hall–Kier alpha value is -1.48. The summed E-state index contributed by atoms with van der Waals surface area (Å²) >= 11 is 0. The Morgan fingerprint density at radius 3 is 2.73 bits per heavy atom. The maximum absolute atomic E-state index is 9.09. The molecule has 2 aromatic rings. The second-order valence-corrected chi connectivity index (χ2v) is 3.92. The van der Waals surface area contributed by atoms with Gasteiger partial charge in [-0.2, -0.15) is 0 Å². The lowest BCUT2D eigenvalue weighted by atomic mass is 10.0. The number of hydrogen-bond acceptors (Lipinski definition) is 3. The summed E-state index contributed by atoms with van der Waals surface area (Å²) in [5, 5.41) is 10.1. The second-order valence-electron chi connectivity index (χ2n) is 3.92. The summed E-state index contributed by atoms with van der Waals surface area (Å²) in [5.74, 6) is 0.365. The van der Waals surface area contributed by atoms with Gasteiger partial charge in [0, 0.05) is 5.39 Å². The Morgan fingerprint density at radius 1 is 1.27 bits per heavy atom. The number of fused-ring (bicyclic) bond motifs is 1. The van der Waals surface area contributed by atoms with Gasteiger partial charge >= 0.3 is 0 Å². The van der Waals surface area contributed by atoms with Crippen molar-refractivity contribution >= 4 is 10.9 Å². The molecule has 0 spiro atoms. The van der Waals surface area contributed by atoms with Crippen LogP contribution >= 0.6 is 0 Å². The van der Waals surface area contributed by atoms with Crippen molar-refractivity contribution < 1.29 is 5.11 Å². The summed E-state index contributed by atoms with van der Waals surface area (Å²) in [6, 6.07) is 5.78. The molecule has 1 N–H and O–H groups in total. The van der Waals surface area contributed by atoms with Crippen LogP contribution in [0.4, 0.5) is 0 Å². The molecule has 0 unspecified atom stereocenters. The van der Waals surface area contributed by atoms with Gasteiger partial charge in [-0.05, 0) is 23.6 Å². The van der Waals surface area contributed by atoms with Gasteiger partial charge in [0.05, 0.1) is 17.8 Å². The zero-order valence-corrected chi connectivity index (χ0v) is 8.94. The van der Waals surface area contributed by atoms with Crippen LogP contribution in [-0.4, -0.2) is 15.1 Å². The average molecular weight is 202 g/mol.